The van der Waals surface area contributed by atoms with Crippen molar-refractivity contribution in [3.05, 3.63) is 77.6 Å². The number of rotatable bonds is 7. The van der Waals surface area contributed by atoms with Crippen LogP contribution in [0.25, 0.3) is 11.0 Å². The number of benzene rings is 2. The molecule has 2 aromatic carbocycles. The van der Waals surface area contributed by atoms with Crippen molar-refractivity contribution in [2.24, 2.45) is 0 Å². The molecule has 8 nitrogen and oxygen atoms in total. The third kappa shape index (κ3) is 5.38. The van der Waals surface area contributed by atoms with Crippen LogP contribution in [0.2, 0.25) is 5.02 Å². The lowest BCUT2D eigenvalue weighted by molar-refractivity contribution is -0.198. The molecule has 2 aromatic heterocycles. The summed E-state index contributed by atoms with van der Waals surface area (Å²) in [6.07, 6.45) is -5.28. The summed E-state index contributed by atoms with van der Waals surface area (Å²) in [5.74, 6) is -1.16. The van der Waals surface area contributed by atoms with E-state index in [1.165, 1.54) is 49.7 Å². The van der Waals surface area contributed by atoms with Gasteiger partial charge in [-0.25, -0.2) is 18.4 Å². The summed E-state index contributed by atoms with van der Waals surface area (Å²) in [6.45, 7) is 0. The van der Waals surface area contributed by atoms with Crippen LogP contribution in [0.3, 0.4) is 0 Å². The van der Waals surface area contributed by atoms with Gasteiger partial charge in [-0.3, -0.25) is 9.71 Å². The number of pyridine rings is 1. The lowest BCUT2D eigenvalue weighted by atomic mass is 10.1. The average molecular weight is 525 g/mol. The Bertz CT molecular complexity index is 1490. The number of alkyl halides is 3. The average Bonchev–Trinajstić information content (AvgIpc) is 2.81. The monoisotopic (exact) mass is 524 g/mol. The summed E-state index contributed by atoms with van der Waals surface area (Å²) < 4.78 is 80.4. The molecule has 4 rings (SSSR count). The van der Waals surface area contributed by atoms with E-state index >= 15 is 0 Å². The lowest BCUT2D eigenvalue weighted by Crippen LogP contribution is -2.27. The Labute approximate surface area is 202 Å². The predicted octanol–water partition coefficient (Wildman–Crippen LogP) is 5.17. The van der Waals surface area contributed by atoms with Gasteiger partial charge in [-0.05, 0) is 30.3 Å². The first-order valence-electron chi connectivity index (χ1n) is 9.85. The van der Waals surface area contributed by atoms with Crippen molar-refractivity contribution in [3.8, 4) is 11.6 Å². The van der Waals surface area contributed by atoms with Crippen molar-refractivity contribution in [1.82, 2.24) is 15.0 Å². The zero-order chi connectivity index (χ0) is 25.2. The van der Waals surface area contributed by atoms with Gasteiger partial charge < -0.3 is 9.47 Å². The Kier molecular flexibility index (Phi) is 6.68. The fraction of sp³-hybridized carbons (Fsp3) is 0.136. The number of aromatic nitrogens is 3. The van der Waals surface area contributed by atoms with E-state index in [2.05, 4.69) is 19.7 Å². The quantitative estimate of drug-likeness (QED) is 0.356. The number of fused-ring (bicyclic) bond motifs is 1. The van der Waals surface area contributed by atoms with Gasteiger partial charge >= 0.3 is 6.18 Å². The fourth-order valence-electron chi connectivity index (χ4n) is 3.10. The van der Waals surface area contributed by atoms with Crippen LogP contribution in [0.5, 0.6) is 11.6 Å². The van der Waals surface area contributed by atoms with E-state index in [0.29, 0.717) is 0 Å². The largest absolute Gasteiger partial charge is 0.495 e. The SMILES string of the molecule is COc1cncc(C(Oc2nc3ccccc3nc2NS(=O)(=O)c2ccccc2Cl)C(F)(F)F)c1. The number of hydrogen-bond donors (Lipinski definition) is 1. The summed E-state index contributed by atoms with van der Waals surface area (Å²) >= 11 is 6.01. The Balaban J connectivity index is 1.82. The maximum absolute atomic E-state index is 14.0. The predicted molar refractivity (Wildman–Crippen MR) is 122 cm³/mol. The number of nitrogens with one attached hydrogen (secondary N) is 1. The van der Waals surface area contributed by atoms with Gasteiger partial charge in [0.25, 0.3) is 15.9 Å². The van der Waals surface area contributed by atoms with Crippen LogP contribution in [0.4, 0.5) is 19.0 Å². The minimum atomic E-state index is -4.92. The van der Waals surface area contributed by atoms with Crippen molar-refractivity contribution in [2.45, 2.75) is 17.2 Å². The van der Waals surface area contributed by atoms with Crippen LogP contribution in [0.1, 0.15) is 11.7 Å². The molecule has 1 N–H and O–H groups in total. The molecule has 0 amide bonds. The number of methoxy groups -OCH3 is 1. The third-order valence-electron chi connectivity index (χ3n) is 4.70. The highest BCUT2D eigenvalue weighted by Crippen LogP contribution is 2.39. The smallest absolute Gasteiger partial charge is 0.429 e. The Morgan fingerprint density at radius 1 is 1.00 bits per heavy atom. The molecule has 1 atom stereocenters. The normalized spacial score (nSPS) is 12.8. The molecule has 0 aliphatic heterocycles. The molecule has 0 spiro atoms. The Morgan fingerprint density at radius 3 is 2.31 bits per heavy atom. The van der Waals surface area contributed by atoms with Crippen LogP contribution in [0.15, 0.2) is 71.9 Å². The van der Waals surface area contributed by atoms with Gasteiger partial charge in [0.15, 0.2) is 0 Å². The Morgan fingerprint density at radius 2 is 1.66 bits per heavy atom. The zero-order valence-corrected chi connectivity index (χ0v) is 19.4. The molecule has 0 saturated carbocycles. The van der Waals surface area contributed by atoms with Gasteiger partial charge in [-0.2, -0.15) is 13.2 Å². The number of ether oxygens (including phenoxy) is 2. The minimum absolute atomic E-state index is 0.0737. The first kappa shape index (κ1) is 24.5. The molecule has 182 valence electrons. The number of anilines is 1. The summed E-state index contributed by atoms with van der Waals surface area (Å²) in [4.78, 5) is 11.7. The highest BCUT2D eigenvalue weighted by atomic mass is 35.5. The van der Waals surface area contributed by atoms with Gasteiger partial charge in [0.1, 0.15) is 10.6 Å². The lowest BCUT2D eigenvalue weighted by Gasteiger charge is -2.23. The number of nitrogens with zero attached hydrogens (tertiary/aromatic N) is 3. The van der Waals surface area contributed by atoms with Crippen LogP contribution in [-0.4, -0.2) is 36.7 Å². The topological polar surface area (TPSA) is 103 Å². The molecule has 0 bridgehead atoms. The molecular formula is C22H16ClF3N4O4S. The van der Waals surface area contributed by atoms with Crippen molar-refractivity contribution in [1.29, 1.82) is 0 Å². The molecule has 0 aliphatic rings. The Hall–Kier alpha value is -3.64. The van der Waals surface area contributed by atoms with Crippen molar-refractivity contribution in [3.63, 3.8) is 0 Å². The van der Waals surface area contributed by atoms with Crippen LogP contribution in [0, 0.1) is 0 Å². The van der Waals surface area contributed by atoms with Crippen LogP contribution >= 0.6 is 11.6 Å². The van der Waals surface area contributed by atoms with E-state index in [1.54, 1.807) is 12.1 Å². The minimum Gasteiger partial charge on any atom is -0.495 e. The molecular weight excluding hydrogens is 509 g/mol. The summed E-state index contributed by atoms with van der Waals surface area (Å²) in [5, 5.41) is -0.0909. The van der Waals surface area contributed by atoms with Gasteiger partial charge in [-0.1, -0.05) is 35.9 Å². The van der Waals surface area contributed by atoms with E-state index in [-0.39, 0.29) is 32.3 Å². The van der Waals surface area contributed by atoms with Crippen molar-refractivity contribution >= 4 is 38.5 Å². The molecule has 0 aliphatic carbocycles. The first-order valence-corrected chi connectivity index (χ1v) is 11.7. The maximum Gasteiger partial charge on any atom is 0.429 e. The van der Waals surface area contributed by atoms with E-state index < -0.39 is 34.0 Å². The molecule has 1 unspecified atom stereocenters. The molecule has 13 heteroatoms. The summed E-state index contributed by atoms with van der Waals surface area (Å²) in [6, 6.07) is 12.9. The van der Waals surface area contributed by atoms with Crippen molar-refractivity contribution in [2.75, 3.05) is 11.8 Å². The van der Waals surface area contributed by atoms with E-state index in [0.717, 1.165) is 12.3 Å². The van der Waals surface area contributed by atoms with Gasteiger partial charge in [0.2, 0.25) is 11.9 Å². The van der Waals surface area contributed by atoms with E-state index in [4.69, 9.17) is 21.1 Å². The summed E-state index contributed by atoms with van der Waals surface area (Å²) in [5.41, 5.74) is 0.0305. The van der Waals surface area contributed by atoms with E-state index in [1.807, 2.05) is 0 Å². The highest BCUT2D eigenvalue weighted by Gasteiger charge is 2.44. The first-order chi connectivity index (χ1) is 16.6. The van der Waals surface area contributed by atoms with E-state index in [9.17, 15) is 21.6 Å². The van der Waals surface area contributed by atoms with Crippen LogP contribution < -0.4 is 14.2 Å². The fourth-order valence-corrected chi connectivity index (χ4v) is 4.62. The molecule has 35 heavy (non-hydrogen) atoms. The maximum atomic E-state index is 14.0. The van der Waals surface area contributed by atoms with Crippen LogP contribution in [-0.2, 0) is 10.0 Å². The highest BCUT2D eigenvalue weighted by molar-refractivity contribution is 7.92. The third-order valence-corrected chi connectivity index (χ3v) is 6.53. The number of sulfonamides is 1. The second-order valence-electron chi connectivity index (χ2n) is 7.10. The zero-order valence-electron chi connectivity index (χ0n) is 17.8. The second kappa shape index (κ2) is 9.55. The molecule has 0 fully saturated rings. The molecule has 0 saturated heterocycles. The number of para-hydroxylation sites is 2. The number of halogens is 4. The number of hydrogen-bond acceptors (Lipinski definition) is 7. The molecule has 2 heterocycles. The molecule has 4 aromatic rings. The van der Waals surface area contributed by atoms with Gasteiger partial charge in [0.05, 0.1) is 29.4 Å². The van der Waals surface area contributed by atoms with Gasteiger partial charge in [0, 0.05) is 11.8 Å². The van der Waals surface area contributed by atoms with Crippen molar-refractivity contribution < 1.29 is 31.1 Å². The second-order valence-corrected chi connectivity index (χ2v) is 9.16. The molecule has 0 radical (unpaired) electrons. The standard InChI is InChI=1S/C22H16ClF3N4O4S/c1-33-14-10-13(11-27-12-14)19(22(24,25)26)34-21-20(28-16-7-3-4-8-17(16)29-21)30-35(31,32)18-9-5-2-6-15(18)23/h2-12,19H,1H3,(H,28,30). The summed E-state index contributed by atoms with van der Waals surface area (Å²) in [7, 11) is -3.08. The van der Waals surface area contributed by atoms with Gasteiger partial charge in [-0.15, -0.1) is 0 Å².